The summed E-state index contributed by atoms with van der Waals surface area (Å²) in [5.41, 5.74) is 0. The van der Waals surface area contributed by atoms with Gasteiger partial charge in [0.2, 0.25) is 5.91 Å². The molecule has 0 spiro atoms. The molecule has 0 aromatic heterocycles. The molecule has 0 saturated carbocycles. The van der Waals surface area contributed by atoms with E-state index >= 15 is 0 Å². The SMILES string of the molecule is O=C([O-])CC(=O)N1CC[NH+](C[C@H](O)CS(=O)(=O)[O-])CC1. The highest BCUT2D eigenvalue weighted by Crippen LogP contribution is 1.95. The van der Waals surface area contributed by atoms with Crippen LogP contribution in [0, 0.1) is 0 Å². The van der Waals surface area contributed by atoms with Crippen LogP contribution in [0.5, 0.6) is 0 Å². The largest absolute Gasteiger partial charge is 0.748 e. The lowest BCUT2D eigenvalue weighted by Crippen LogP contribution is -3.16. The highest BCUT2D eigenvalue weighted by Gasteiger charge is 2.25. The second-order valence-electron chi connectivity index (χ2n) is 4.76. The van der Waals surface area contributed by atoms with Gasteiger partial charge in [0.05, 0.1) is 54.4 Å². The Morgan fingerprint density at radius 3 is 2.30 bits per heavy atom. The van der Waals surface area contributed by atoms with Crippen molar-refractivity contribution >= 4 is 22.0 Å². The Morgan fingerprint density at radius 1 is 1.30 bits per heavy atom. The van der Waals surface area contributed by atoms with Gasteiger partial charge in [0.25, 0.3) is 0 Å². The van der Waals surface area contributed by atoms with E-state index in [1.165, 1.54) is 4.90 Å². The Hall–Kier alpha value is -1.23. The van der Waals surface area contributed by atoms with Gasteiger partial charge in [-0.15, -0.1) is 0 Å². The lowest BCUT2D eigenvalue weighted by atomic mass is 10.2. The van der Waals surface area contributed by atoms with Crippen molar-refractivity contribution in [3.63, 3.8) is 0 Å². The minimum atomic E-state index is -4.46. The molecule has 1 rings (SSSR count). The number of aliphatic hydroxyl groups is 1. The van der Waals surface area contributed by atoms with E-state index in [4.69, 9.17) is 0 Å². The van der Waals surface area contributed by atoms with Crippen molar-refractivity contribution in [2.24, 2.45) is 0 Å². The van der Waals surface area contributed by atoms with Crippen LogP contribution >= 0.6 is 0 Å². The first-order valence-corrected chi connectivity index (χ1v) is 7.68. The molecule has 1 amide bonds. The minimum Gasteiger partial charge on any atom is -0.748 e. The van der Waals surface area contributed by atoms with E-state index < -0.39 is 40.3 Å². The van der Waals surface area contributed by atoms with Gasteiger partial charge in [-0.3, -0.25) is 4.79 Å². The molecule has 1 aliphatic heterocycles. The van der Waals surface area contributed by atoms with E-state index in [0.717, 1.165) is 4.90 Å². The predicted octanol–water partition coefficient (Wildman–Crippen LogP) is -5.24. The summed E-state index contributed by atoms with van der Waals surface area (Å²) in [6.45, 7) is 1.64. The van der Waals surface area contributed by atoms with Crippen LogP contribution in [-0.2, 0) is 19.7 Å². The van der Waals surface area contributed by atoms with Crippen LogP contribution in [-0.4, -0.2) is 79.4 Å². The van der Waals surface area contributed by atoms with Gasteiger partial charge in [-0.25, -0.2) is 8.42 Å². The summed E-state index contributed by atoms with van der Waals surface area (Å²) < 4.78 is 31.5. The van der Waals surface area contributed by atoms with Crippen molar-refractivity contribution < 1.29 is 37.7 Å². The third-order valence-corrected chi connectivity index (χ3v) is 3.83. The summed E-state index contributed by atoms with van der Waals surface area (Å²) in [6.07, 6.45) is -1.90. The molecule has 0 radical (unpaired) electrons. The fraction of sp³-hybridized carbons (Fsp3) is 0.800. The number of carbonyl (C=O) groups is 2. The van der Waals surface area contributed by atoms with E-state index in [9.17, 15) is 32.8 Å². The molecule has 1 atom stereocenters. The Balaban J connectivity index is 2.35. The maximum absolute atomic E-state index is 11.5. The second-order valence-corrected chi connectivity index (χ2v) is 6.21. The van der Waals surface area contributed by atoms with Crippen LogP contribution in [0.1, 0.15) is 6.42 Å². The fourth-order valence-electron chi connectivity index (χ4n) is 2.14. The van der Waals surface area contributed by atoms with Gasteiger partial charge in [-0.2, -0.15) is 0 Å². The van der Waals surface area contributed by atoms with Crippen LogP contribution in [0.2, 0.25) is 0 Å². The van der Waals surface area contributed by atoms with Gasteiger partial charge in [0.15, 0.2) is 0 Å². The smallest absolute Gasteiger partial charge is 0.228 e. The summed E-state index contributed by atoms with van der Waals surface area (Å²) in [5.74, 6) is -2.78. The molecule has 0 aromatic rings. The Morgan fingerprint density at radius 2 is 1.85 bits per heavy atom. The third kappa shape index (κ3) is 6.28. The van der Waals surface area contributed by atoms with E-state index in [1.54, 1.807) is 0 Å². The average Bonchev–Trinajstić information content (AvgIpc) is 2.26. The maximum Gasteiger partial charge on any atom is 0.228 e. The highest BCUT2D eigenvalue weighted by molar-refractivity contribution is 7.85. The molecule has 0 aromatic carbocycles. The first kappa shape index (κ1) is 16.8. The van der Waals surface area contributed by atoms with Crippen molar-refractivity contribution in [3.8, 4) is 0 Å². The van der Waals surface area contributed by atoms with Crippen LogP contribution in [0.15, 0.2) is 0 Å². The third-order valence-electron chi connectivity index (χ3n) is 3.04. The number of nitrogens with one attached hydrogen (secondary N) is 1. The number of rotatable bonds is 6. The zero-order valence-electron chi connectivity index (χ0n) is 10.8. The van der Waals surface area contributed by atoms with Crippen molar-refractivity contribution in [3.05, 3.63) is 0 Å². The molecule has 1 heterocycles. The number of hydrogen-bond donors (Lipinski definition) is 2. The minimum absolute atomic E-state index is 0.101. The van der Waals surface area contributed by atoms with Crippen LogP contribution in [0.4, 0.5) is 0 Å². The van der Waals surface area contributed by atoms with Gasteiger partial charge in [0.1, 0.15) is 12.6 Å². The first-order chi connectivity index (χ1) is 9.17. The summed E-state index contributed by atoms with van der Waals surface area (Å²) in [6, 6.07) is 0. The number of carboxylic acid groups (broad SMARTS) is 1. The summed E-state index contributed by atoms with van der Waals surface area (Å²) in [7, 11) is -4.46. The van der Waals surface area contributed by atoms with E-state index in [0.29, 0.717) is 26.2 Å². The molecule has 1 aliphatic rings. The number of aliphatic hydroxyl groups excluding tert-OH is 1. The average molecular weight is 309 g/mol. The van der Waals surface area contributed by atoms with E-state index in [1.807, 2.05) is 0 Å². The Labute approximate surface area is 116 Å². The lowest BCUT2D eigenvalue weighted by molar-refractivity contribution is -0.906. The molecule has 9 nitrogen and oxygen atoms in total. The monoisotopic (exact) mass is 309 g/mol. The molecule has 0 aliphatic carbocycles. The van der Waals surface area contributed by atoms with Gasteiger partial charge in [-0.05, 0) is 0 Å². The van der Waals surface area contributed by atoms with Gasteiger partial charge in [0, 0.05) is 0 Å². The molecule has 0 unspecified atom stereocenters. The maximum atomic E-state index is 11.5. The van der Waals surface area contributed by atoms with Crippen LogP contribution < -0.4 is 10.0 Å². The normalized spacial score (nSPS) is 18.8. The van der Waals surface area contributed by atoms with Gasteiger partial charge in [-0.1, -0.05) is 0 Å². The summed E-state index contributed by atoms with van der Waals surface area (Å²) in [4.78, 5) is 24.0. The number of nitrogens with zero attached hydrogens (tertiary/aromatic N) is 1. The molecular weight excluding hydrogens is 292 g/mol. The fourth-order valence-corrected chi connectivity index (χ4v) is 2.73. The molecule has 116 valence electrons. The summed E-state index contributed by atoms with van der Waals surface area (Å²) >= 11 is 0. The molecule has 10 heteroatoms. The summed E-state index contributed by atoms with van der Waals surface area (Å²) in [5, 5.41) is 19.8. The quantitative estimate of drug-likeness (QED) is 0.368. The standard InChI is InChI=1S/C10H18N2O7S/c13-8(7-20(17,18)19)6-11-1-3-12(4-2-11)9(14)5-10(15)16/h8,13H,1-7H2,(H,15,16)(H,17,18,19)/p-1/t8-/m0/s1. The van der Waals surface area contributed by atoms with Gasteiger partial charge < -0.3 is 29.4 Å². The Kier molecular flexibility index (Phi) is 5.87. The predicted molar refractivity (Wildman–Crippen MR) is 62.3 cm³/mol. The number of amides is 1. The first-order valence-electron chi connectivity index (χ1n) is 6.10. The molecule has 0 bridgehead atoms. The Bertz CT molecular complexity index is 456. The zero-order valence-corrected chi connectivity index (χ0v) is 11.6. The highest BCUT2D eigenvalue weighted by atomic mass is 32.2. The van der Waals surface area contributed by atoms with Crippen LogP contribution in [0.25, 0.3) is 0 Å². The second kappa shape index (κ2) is 6.97. The van der Waals surface area contributed by atoms with Crippen LogP contribution in [0.3, 0.4) is 0 Å². The van der Waals surface area contributed by atoms with Gasteiger partial charge >= 0.3 is 0 Å². The number of piperazine rings is 1. The number of quaternary nitrogens is 1. The zero-order chi connectivity index (χ0) is 15.3. The van der Waals surface area contributed by atoms with Crippen molar-refractivity contribution in [2.75, 3.05) is 38.5 Å². The lowest BCUT2D eigenvalue weighted by Gasteiger charge is -2.33. The molecular formula is C10H17N2O7S-. The van der Waals surface area contributed by atoms with Crippen molar-refractivity contribution in [1.82, 2.24) is 4.90 Å². The molecule has 20 heavy (non-hydrogen) atoms. The van der Waals surface area contributed by atoms with Crippen molar-refractivity contribution in [1.29, 1.82) is 0 Å². The number of hydrogen-bond acceptors (Lipinski definition) is 7. The topological polar surface area (TPSA) is 142 Å². The van der Waals surface area contributed by atoms with E-state index in [2.05, 4.69) is 0 Å². The number of carbonyl (C=O) groups excluding carboxylic acids is 2. The molecule has 1 fully saturated rings. The number of aliphatic carboxylic acids is 1. The molecule has 1 saturated heterocycles. The van der Waals surface area contributed by atoms with E-state index in [-0.39, 0.29) is 6.54 Å². The molecule has 2 N–H and O–H groups in total. The number of carboxylic acids is 1. The van der Waals surface area contributed by atoms with Crippen molar-refractivity contribution in [2.45, 2.75) is 12.5 Å².